The van der Waals surface area contributed by atoms with E-state index in [2.05, 4.69) is 0 Å². The molecule has 1 N–H and O–H groups in total. The number of methoxy groups -OCH3 is 1. The molecule has 0 radical (unpaired) electrons. The van der Waals surface area contributed by atoms with Crippen LogP contribution in [0.1, 0.15) is 30.1 Å². The Balaban J connectivity index is 2.11. The van der Waals surface area contributed by atoms with Crippen LogP contribution in [-0.2, 0) is 4.74 Å². The van der Waals surface area contributed by atoms with E-state index in [4.69, 9.17) is 4.74 Å². The largest absolute Gasteiger partial charge is 0.508 e. The lowest BCUT2D eigenvalue weighted by Crippen LogP contribution is -2.49. The lowest BCUT2D eigenvalue weighted by atomic mass is 9.94. The second-order valence-electron chi connectivity index (χ2n) is 5.03. The minimum Gasteiger partial charge on any atom is -0.508 e. The predicted molar refractivity (Wildman–Crippen MR) is 68.7 cm³/mol. The van der Waals surface area contributed by atoms with Gasteiger partial charge in [-0.15, -0.1) is 0 Å². The second kappa shape index (κ2) is 4.98. The van der Waals surface area contributed by atoms with Crippen LogP contribution in [0.5, 0.6) is 5.75 Å². The Hall–Kier alpha value is -1.55. The third kappa shape index (κ3) is 2.64. The fraction of sp³-hybridized carbons (Fsp3) is 0.500. The van der Waals surface area contributed by atoms with Gasteiger partial charge in [-0.25, -0.2) is 0 Å². The molecule has 98 valence electrons. The van der Waals surface area contributed by atoms with Crippen molar-refractivity contribution >= 4 is 5.91 Å². The molecule has 0 bridgehead atoms. The van der Waals surface area contributed by atoms with Gasteiger partial charge < -0.3 is 14.7 Å². The number of amides is 1. The molecule has 1 atom stereocenters. The molecule has 1 aromatic rings. The van der Waals surface area contributed by atoms with Crippen molar-refractivity contribution in [3.8, 4) is 5.75 Å². The molecule has 0 aromatic heterocycles. The van der Waals surface area contributed by atoms with Gasteiger partial charge in [0.15, 0.2) is 0 Å². The Morgan fingerprint density at radius 2 is 2.06 bits per heavy atom. The van der Waals surface area contributed by atoms with Crippen LogP contribution in [0.15, 0.2) is 24.3 Å². The normalized spacial score (nSPS) is 24.0. The summed E-state index contributed by atoms with van der Waals surface area (Å²) in [4.78, 5) is 14.1. The van der Waals surface area contributed by atoms with Gasteiger partial charge in [-0.1, -0.05) is 0 Å². The maximum atomic E-state index is 12.3. The zero-order valence-electron chi connectivity index (χ0n) is 10.8. The zero-order chi connectivity index (χ0) is 13.2. The van der Waals surface area contributed by atoms with Gasteiger partial charge in [-0.3, -0.25) is 4.79 Å². The molecular formula is C14H19NO3. The zero-order valence-corrected chi connectivity index (χ0v) is 10.8. The molecule has 1 amide bonds. The van der Waals surface area contributed by atoms with Crippen LogP contribution in [0.3, 0.4) is 0 Å². The van der Waals surface area contributed by atoms with Crippen LogP contribution in [0.25, 0.3) is 0 Å². The number of hydrogen-bond acceptors (Lipinski definition) is 3. The summed E-state index contributed by atoms with van der Waals surface area (Å²) in [7, 11) is 1.69. The number of carbonyl (C=O) groups is 1. The Bertz CT molecular complexity index is 429. The van der Waals surface area contributed by atoms with Crippen LogP contribution in [-0.4, -0.2) is 41.7 Å². The van der Waals surface area contributed by atoms with Gasteiger partial charge in [-0.05, 0) is 44.0 Å². The molecule has 1 saturated heterocycles. The first-order chi connectivity index (χ1) is 8.54. The molecular weight excluding hydrogens is 230 g/mol. The van der Waals surface area contributed by atoms with Crippen LogP contribution >= 0.6 is 0 Å². The number of hydrogen-bond donors (Lipinski definition) is 1. The Morgan fingerprint density at radius 3 is 2.67 bits per heavy atom. The van der Waals surface area contributed by atoms with Crippen LogP contribution in [0.2, 0.25) is 0 Å². The molecule has 0 saturated carbocycles. The van der Waals surface area contributed by atoms with Gasteiger partial charge in [0.05, 0.1) is 5.60 Å². The summed E-state index contributed by atoms with van der Waals surface area (Å²) in [5.41, 5.74) is 0.360. The third-order valence-corrected chi connectivity index (χ3v) is 3.55. The van der Waals surface area contributed by atoms with E-state index in [0.717, 1.165) is 19.4 Å². The second-order valence-corrected chi connectivity index (χ2v) is 5.03. The Morgan fingerprint density at radius 1 is 1.39 bits per heavy atom. The van der Waals surface area contributed by atoms with E-state index >= 15 is 0 Å². The number of phenolic OH excluding ortho intramolecular Hbond substituents is 1. The van der Waals surface area contributed by atoms with Crippen molar-refractivity contribution < 1.29 is 14.6 Å². The van der Waals surface area contributed by atoms with E-state index in [1.807, 2.05) is 11.8 Å². The molecule has 1 heterocycles. The number of nitrogens with zero attached hydrogens (tertiary/aromatic N) is 1. The number of aromatic hydroxyl groups is 1. The van der Waals surface area contributed by atoms with Crippen LogP contribution in [0.4, 0.5) is 0 Å². The van der Waals surface area contributed by atoms with Crippen molar-refractivity contribution in [1.82, 2.24) is 4.90 Å². The molecule has 1 unspecified atom stereocenters. The number of phenols is 1. The van der Waals surface area contributed by atoms with E-state index in [1.165, 1.54) is 12.1 Å². The summed E-state index contributed by atoms with van der Waals surface area (Å²) in [6.45, 7) is 3.41. The smallest absolute Gasteiger partial charge is 0.253 e. The van der Waals surface area contributed by atoms with Crippen LogP contribution in [0, 0.1) is 0 Å². The summed E-state index contributed by atoms with van der Waals surface area (Å²) >= 11 is 0. The maximum Gasteiger partial charge on any atom is 0.253 e. The topological polar surface area (TPSA) is 49.8 Å². The standard InChI is InChI=1S/C14H19NO3/c1-14(18-2)8-3-9-15(10-14)13(17)11-4-6-12(16)7-5-11/h4-7,16H,3,8-10H2,1-2H3. The van der Waals surface area contributed by atoms with E-state index in [9.17, 15) is 9.90 Å². The van der Waals surface area contributed by atoms with Crippen molar-refractivity contribution in [1.29, 1.82) is 0 Å². The van der Waals surface area contributed by atoms with Crippen molar-refractivity contribution in [3.05, 3.63) is 29.8 Å². The molecule has 1 fully saturated rings. The number of benzene rings is 1. The van der Waals surface area contributed by atoms with Gasteiger partial charge >= 0.3 is 0 Å². The molecule has 1 aliphatic heterocycles. The van der Waals surface area contributed by atoms with E-state index < -0.39 is 0 Å². The molecule has 2 rings (SSSR count). The predicted octanol–water partition coefficient (Wildman–Crippen LogP) is 2.03. The highest BCUT2D eigenvalue weighted by molar-refractivity contribution is 5.94. The minimum absolute atomic E-state index is 0.00187. The third-order valence-electron chi connectivity index (χ3n) is 3.55. The molecule has 18 heavy (non-hydrogen) atoms. The maximum absolute atomic E-state index is 12.3. The summed E-state index contributed by atoms with van der Waals surface area (Å²) in [6.07, 6.45) is 1.93. The molecule has 0 aliphatic carbocycles. The van der Waals surface area contributed by atoms with Gasteiger partial charge in [0.1, 0.15) is 5.75 Å². The highest BCUT2D eigenvalue weighted by Gasteiger charge is 2.33. The van der Waals surface area contributed by atoms with E-state index in [-0.39, 0.29) is 17.3 Å². The fourth-order valence-electron chi connectivity index (χ4n) is 2.33. The SMILES string of the molecule is COC1(C)CCCN(C(=O)c2ccc(O)cc2)C1. The number of carbonyl (C=O) groups excluding carboxylic acids is 1. The highest BCUT2D eigenvalue weighted by atomic mass is 16.5. The van der Waals surface area contributed by atoms with Crippen LogP contribution < -0.4 is 0 Å². The van der Waals surface area contributed by atoms with E-state index in [1.54, 1.807) is 19.2 Å². The Kier molecular flexibility index (Phi) is 3.57. The minimum atomic E-state index is -0.245. The molecule has 4 heteroatoms. The number of ether oxygens (including phenoxy) is 1. The molecule has 1 aromatic carbocycles. The van der Waals surface area contributed by atoms with Gasteiger partial charge in [0.25, 0.3) is 5.91 Å². The summed E-state index contributed by atoms with van der Waals surface area (Å²) in [6, 6.07) is 6.37. The Labute approximate surface area is 107 Å². The van der Waals surface area contributed by atoms with Crippen molar-refractivity contribution in [3.63, 3.8) is 0 Å². The van der Waals surface area contributed by atoms with Crippen molar-refractivity contribution in [2.24, 2.45) is 0 Å². The lowest BCUT2D eigenvalue weighted by Gasteiger charge is -2.39. The van der Waals surface area contributed by atoms with Crippen molar-refractivity contribution in [2.45, 2.75) is 25.4 Å². The molecule has 1 aliphatic rings. The first-order valence-electron chi connectivity index (χ1n) is 6.17. The summed E-state index contributed by atoms with van der Waals surface area (Å²) < 4.78 is 5.48. The number of likely N-dealkylation sites (tertiary alicyclic amines) is 1. The first-order valence-corrected chi connectivity index (χ1v) is 6.17. The number of piperidine rings is 1. The van der Waals surface area contributed by atoms with Gasteiger partial charge in [0.2, 0.25) is 0 Å². The lowest BCUT2D eigenvalue weighted by molar-refractivity contribution is -0.0440. The fourth-order valence-corrected chi connectivity index (χ4v) is 2.33. The average molecular weight is 249 g/mol. The van der Waals surface area contributed by atoms with Crippen molar-refractivity contribution in [2.75, 3.05) is 20.2 Å². The first kappa shape index (κ1) is 12.9. The highest BCUT2D eigenvalue weighted by Crippen LogP contribution is 2.25. The summed E-state index contributed by atoms with van der Waals surface area (Å²) in [5.74, 6) is 0.171. The summed E-state index contributed by atoms with van der Waals surface area (Å²) in [5, 5.41) is 9.23. The van der Waals surface area contributed by atoms with E-state index in [0.29, 0.717) is 12.1 Å². The van der Waals surface area contributed by atoms with Gasteiger partial charge in [0, 0.05) is 25.8 Å². The van der Waals surface area contributed by atoms with Gasteiger partial charge in [-0.2, -0.15) is 0 Å². The molecule has 0 spiro atoms. The number of rotatable bonds is 2. The monoisotopic (exact) mass is 249 g/mol. The molecule has 4 nitrogen and oxygen atoms in total. The quantitative estimate of drug-likeness (QED) is 0.872. The average Bonchev–Trinajstić information content (AvgIpc) is 2.39.